The molecule has 1 amide bonds. The van der Waals surface area contributed by atoms with Crippen molar-refractivity contribution in [2.75, 3.05) is 11.4 Å². The molecular weight excluding hydrogens is 192 g/mol. The zero-order valence-corrected chi connectivity index (χ0v) is 8.39. The van der Waals surface area contributed by atoms with E-state index in [9.17, 15) is 4.79 Å². The number of anilines is 1. The molecule has 1 aliphatic heterocycles. The maximum Gasteiger partial charge on any atom is 0.240 e. The van der Waals surface area contributed by atoms with Crippen LogP contribution in [0.5, 0.6) is 5.75 Å². The summed E-state index contributed by atoms with van der Waals surface area (Å²) in [7, 11) is 0. The van der Waals surface area contributed by atoms with E-state index in [1.54, 1.807) is 24.3 Å². The number of phenols is 1. The predicted molar refractivity (Wildman–Crippen MR) is 57.7 cm³/mol. The molecule has 0 radical (unpaired) electrons. The van der Waals surface area contributed by atoms with Gasteiger partial charge in [0.25, 0.3) is 0 Å². The van der Waals surface area contributed by atoms with Crippen LogP contribution >= 0.6 is 0 Å². The van der Waals surface area contributed by atoms with Crippen molar-refractivity contribution in [3.63, 3.8) is 0 Å². The summed E-state index contributed by atoms with van der Waals surface area (Å²) < 4.78 is 0. The number of amides is 1. The van der Waals surface area contributed by atoms with E-state index in [0.717, 1.165) is 25.1 Å². The second-order valence-electron chi connectivity index (χ2n) is 3.77. The minimum atomic E-state index is -0.277. The number of rotatable bonds is 2. The Kier molecular flexibility index (Phi) is 2.49. The minimum Gasteiger partial charge on any atom is -0.508 e. The van der Waals surface area contributed by atoms with Crippen molar-refractivity contribution in [1.29, 1.82) is 0 Å². The highest BCUT2D eigenvalue weighted by Crippen LogP contribution is 2.26. The third kappa shape index (κ3) is 1.88. The quantitative estimate of drug-likeness (QED) is 0.753. The van der Waals surface area contributed by atoms with Crippen LogP contribution in [0.25, 0.3) is 0 Å². The summed E-state index contributed by atoms with van der Waals surface area (Å²) in [6.45, 7) is 0.846. The van der Waals surface area contributed by atoms with Crippen LogP contribution in [0.3, 0.4) is 0 Å². The number of aromatic hydroxyl groups is 1. The molecule has 1 atom stereocenters. The van der Waals surface area contributed by atoms with Crippen LogP contribution in [0.15, 0.2) is 24.3 Å². The molecule has 1 aromatic carbocycles. The first-order valence-electron chi connectivity index (χ1n) is 5.03. The molecule has 0 unspecified atom stereocenters. The van der Waals surface area contributed by atoms with Gasteiger partial charge in [0.1, 0.15) is 11.8 Å². The maximum atomic E-state index is 11.2. The van der Waals surface area contributed by atoms with Crippen molar-refractivity contribution in [3.05, 3.63) is 24.3 Å². The fourth-order valence-corrected chi connectivity index (χ4v) is 2.02. The van der Waals surface area contributed by atoms with Crippen LogP contribution < -0.4 is 10.6 Å². The molecule has 0 spiro atoms. The van der Waals surface area contributed by atoms with Gasteiger partial charge in [0.05, 0.1) is 0 Å². The average molecular weight is 206 g/mol. The Morgan fingerprint density at radius 3 is 2.67 bits per heavy atom. The van der Waals surface area contributed by atoms with E-state index in [4.69, 9.17) is 10.8 Å². The monoisotopic (exact) mass is 206 g/mol. The van der Waals surface area contributed by atoms with Crippen LogP contribution in [0.4, 0.5) is 5.69 Å². The molecule has 1 heterocycles. The van der Waals surface area contributed by atoms with Gasteiger partial charge in [-0.3, -0.25) is 4.79 Å². The zero-order valence-electron chi connectivity index (χ0n) is 8.39. The number of primary amides is 1. The van der Waals surface area contributed by atoms with Gasteiger partial charge >= 0.3 is 0 Å². The van der Waals surface area contributed by atoms with E-state index in [1.807, 2.05) is 4.90 Å². The molecule has 1 fully saturated rings. The Balaban J connectivity index is 2.22. The average Bonchev–Trinajstić information content (AvgIpc) is 2.67. The minimum absolute atomic E-state index is 0.199. The highest BCUT2D eigenvalue weighted by molar-refractivity contribution is 5.84. The van der Waals surface area contributed by atoms with Crippen LogP contribution in [-0.4, -0.2) is 23.6 Å². The molecule has 0 saturated carbocycles. The van der Waals surface area contributed by atoms with Crippen LogP contribution in [-0.2, 0) is 4.79 Å². The number of nitrogens with zero attached hydrogens (tertiary/aromatic N) is 1. The van der Waals surface area contributed by atoms with E-state index >= 15 is 0 Å². The molecule has 4 heteroatoms. The van der Waals surface area contributed by atoms with Crippen molar-refractivity contribution in [2.24, 2.45) is 5.73 Å². The summed E-state index contributed by atoms with van der Waals surface area (Å²) in [5, 5.41) is 9.16. The van der Waals surface area contributed by atoms with Gasteiger partial charge in [-0.15, -0.1) is 0 Å². The molecule has 3 N–H and O–H groups in total. The fourth-order valence-electron chi connectivity index (χ4n) is 2.02. The summed E-state index contributed by atoms with van der Waals surface area (Å²) in [4.78, 5) is 13.2. The lowest BCUT2D eigenvalue weighted by Gasteiger charge is -2.24. The molecule has 1 saturated heterocycles. The summed E-state index contributed by atoms with van der Waals surface area (Å²) in [5.41, 5.74) is 6.26. The number of hydrogen-bond donors (Lipinski definition) is 2. The second kappa shape index (κ2) is 3.81. The van der Waals surface area contributed by atoms with Gasteiger partial charge in [-0.2, -0.15) is 0 Å². The Morgan fingerprint density at radius 2 is 2.07 bits per heavy atom. The summed E-state index contributed by atoms with van der Waals surface area (Å²) in [6, 6.07) is 6.64. The van der Waals surface area contributed by atoms with Crippen molar-refractivity contribution in [3.8, 4) is 5.75 Å². The number of benzene rings is 1. The van der Waals surface area contributed by atoms with Gasteiger partial charge in [-0.1, -0.05) is 0 Å². The number of hydrogen-bond acceptors (Lipinski definition) is 3. The maximum absolute atomic E-state index is 11.2. The highest BCUT2D eigenvalue weighted by Gasteiger charge is 2.28. The van der Waals surface area contributed by atoms with Crippen molar-refractivity contribution in [2.45, 2.75) is 18.9 Å². The Hall–Kier alpha value is -1.71. The van der Waals surface area contributed by atoms with Crippen molar-refractivity contribution in [1.82, 2.24) is 0 Å². The van der Waals surface area contributed by atoms with Crippen molar-refractivity contribution >= 4 is 11.6 Å². The highest BCUT2D eigenvalue weighted by atomic mass is 16.3. The molecule has 15 heavy (non-hydrogen) atoms. The lowest BCUT2D eigenvalue weighted by molar-refractivity contribution is -0.119. The van der Waals surface area contributed by atoms with E-state index in [2.05, 4.69) is 0 Å². The largest absolute Gasteiger partial charge is 0.508 e. The number of phenolic OH excluding ortho intramolecular Hbond substituents is 1. The van der Waals surface area contributed by atoms with E-state index < -0.39 is 0 Å². The van der Waals surface area contributed by atoms with Gasteiger partial charge in [0.2, 0.25) is 5.91 Å². The lowest BCUT2D eigenvalue weighted by atomic mass is 10.2. The number of nitrogens with two attached hydrogens (primary N) is 1. The lowest BCUT2D eigenvalue weighted by Crippen LogP contribution is -2.40. The normalized spacial score (nSPS) is 20.5. The first-order chi connectivity index (χ1) is 7.18. The molecule has 80 valence electrons. The summed E-state index contributed by atoms with van der Waals surface area (Å²) >= 11 is 0. The second-order valence-corrected chi connectivity index (χ2v) is 3.77. The van der Waals surface area contributed by atoms with Crippen LogP contribution in [0, 0.1) is 0 Å². The SMILES string of the molecule is NC(=O)[C@@H]1CCCN1c1ccc(O)cc1. The first-order valence-corrected chi connectivity index (χ1v) is 5.03. The van der Waals surface area contributed by atoms with Crippen LogP contribution in [0.2, 0.25) is 0 Å². The molecule has 0 aliphatic carbocycles. The molecule has 4 nitrogen and oxygen atoms in total. The fraction of sp³-hybridized carbons (Fsp3) is 0.364. The number of carbonyl (C=O) groups is 1. The Bertz CT molecular complexity index is 361. The molecule has 1 aromatic rings. The molecule has 0 bridgehead atoms. The van der Waals surface area contributed by atoms with Gasteiger partial charge in [0.15, 0.2) is 0 Å². The van der Waals surface area contributed by atoms with E-state index in [1.165, 1.54) is 0 Å². The molecule has 1 aliphatic rings. The van der Waals surface area contributed by atoms with E-state index in [0.29, 0.717) is 0 Å². The molecule has 0 aromatic heterocycles. The standard InChI is InChI=1S/C11H14N2O2/c12-11(15)10-2-1-7-13(10)8-3-5-9(14)6-4-8/h3-6,10,14H,1-2,7H2,(H2,12,15)/t10-/m0/s1. The first kappa shape index (κ1) is 9.83. The van der Waals surface area contributed by atoms with Gasteiger partial charge in [0, 0.05) is 12.2 Å². The summed E-state index contributed by atoms with van der Waals surface area (Å²) in [6.07, 6.45) is 1.80. The van der Waals surface area contributed by atoms with Crippen molar-refractivity contribution < 1.29 is 9.90 Å². The number of carbonyl (C=O) groups excluding carboxylic acids is 1. The Morgan fingerprint density at radius 1 is 1.40 bits per heavy atom. The third-order valence-corrected chi connectivity index (χ3v) is 2.76. The van der Waals surface area contributed by atoms with Crippen LogP contribution in [0.1, 0.15) is 12.8 Å². The smallest absolute Gasteiger partial charge is 0.240 e. The van der Waals surface area contributed by atoms with E-state index in [-0.39, 0.29) is 17.7 Å². The zero-order chi connectivity index (χ0) is 10.8. The van der Waals surface area contributed by atoms with Gasteiger partial charge in [-0.25, -0.2) is 0 Å². The van der Waals surface area contributed by atoms with Gasteiger partial charge in [-0.05, 0) is 37.1 Å². The van der Waals surface area contributed by atoms with Gasteiger partial charge < -0.3 is 15.7 Å². The summed E-state index contributed by atoms with van der Waals surface area (Å²) in [5.74, 6) is -0.0471. The Labute approximate surface area is 88.3 Å². The molecule has 2 rings (SSSR count). The third-order valence-electron chi connectivity index (χ3n) is 2.76. The topological polar surface area (TPSA) is 66.6 Å². The molecular formula is C11H14N2O2. The predicted octanol–water partition coefficient (Wildman–Crippen LogP) is 0.846.